The van der Waals surface area contributed by atoms with Crippen molar-refractivity contribution in [2.24, 2.45) is 5.92 Å². The highest BCUT2D eigenvalue weighted by Crippen LogP contribution is 2.36. The zero-order valence-corrected chi connectivity index (χ0v) is 13.4. The number of hydrogen-bond acceptors (Lipinski definition) is 4. The van der Waals surface area contributed by atoms with Crippen molar-refractivity contribution >= 4 is 11.5 Å². The molecule has 2 aliphatic heterocycles. The van der Waals surface area contributed by atoms with Crippen LogP contribution >= 0.6 is 0 Å². The molecular weight excluding hydrogens is 303 g/mol. The number of halogens is 1. The van der Waals surface area contributed by atoms with Crippen LogP contribution in [-0.4, -0.2) is 30.7 Å². The second kappa shape index (κ2) is 6.12. The minimum atomic E-state index is -0.343. The van der Waals surface area contributed by atoms with Gasteiger partial charge in [0.05, 0.1) is 11.6 Å². The van der Waals surface area contributed by atoms with E-state index >= 15 is 0 Å². The van der Waals surface area contributed by atoms with E-state index in [2.05, 4.69) is 20.9 Å². The molecule has 2 aliphatic rings. The predicted molar refractivity (Wildman–Crippen MR) is 91.4 cm³/mol. The summed E-state index contributed by atoms with van der Waals surface area (Å²) < 4.78 is 13.8. The van der Waals surface area contributed by atoms with Gasteiger partial charge in [0.15, 0.2) is 0 Å². The van der Waals surface area contributed by atoms with Gasteiger partial charge in [-0.3, -0.25) is 0 Å². The van der Waals surface area contributed by atoms with Gasteiger partial charge in [-0.05, 0) is 49.1 Å². The van der Waals surface area contributed by atoms with Gasteiger partial charge in [-0.2, -0.15) is 5.26 Å². The minimum Gasteiger partial charge on any atom is -0.366 e. The lowest BCUT2D eigenvalue weighted by atomic mass is 9.92. The van der Waals surface area contributed by atoms with Crippen LogP contribution in [0.25, 0.3) is 0 Å². The van der Waals surface area contributed by atoms with Crippen molar-refractivity contribution < 1.29 is 4.39 Å². The Kier molecular flexibility index (Phi) is 3.81. The Bertz CT molecular complexity index is 771. The first-order valence-corrected chi connectivity index (χ1v) is 8.38. The molecule has 0 saturated carbocycles. The average molecular weight is 322 g/mol. The number of rotatable bonds is 2. The van der Waals surface area contributed by atoms with Gasteiger partial charge in [0.1, 0.15) is 11.6 Å². The van der Waals surface area contributed by atoms with E-state index in [1.165, 1.54) is 6.07 Å². The molecule has 2 unspecified atom stereocenters. The summed E-state index contributed by atoms with van der Waals surface area (Å²) in [4.78, 5) is 9.04. The fourth-order valence-electron chi connectivity index (χ4n) is 4.01. The molecule has 0 spiro atoms. The summed E-state index contributed by atoms with van der Waals surface area (Å²) in [5.74, 6) is 1.28. The zero-order valence-electron chi connectivity index (χ0n) is 13.4. The standard InChI is InChI=1S/C19H19FN4/c20-16-9-14(12-21)10-17(11-16)24-8-5-15-4-7-23(13-18(15)24)19-3-1-2-6-22-19/h1-3,6,9-11,15,18H,4-5,7-8,13H2. The van der Waals surface area contributed by atoms with Gasteiger partial charge in [-0.15, -0.1) is 0 Å². The number of nitriles is 1. The van der Waals surface area contributed by atoms with Crippen molar-refractivity contribution in [1.29, 1.82) is 5.26 Å². The van der Waals surface area contributed by atoms with E-state index in [4.69, 9.17) is 5.26 Å². The van der Waals surface area contributed by atoms with Gasteiger partial charge in [-0.25, -0.2) is 9.37 Å². The SMILES string of the molecule is N#Cc1cc(F)cc(N2CCC3CCN(c4ccccn4)CC32)c1. The normalized spacial score (nSPS) is 23.0. The van der Waals surface area contributed by atoms with Gasteiger partial charge in [0.25, 0.3) is 0 Å². The third-order valence-corrected chi connectivity index (χ3v) is 5.18. The first-order valence-electron chi connectivity index (χ1n) is 8.38. The fourth-order valence-corrected chi connectivity index (χ4v) is 4.01. The maximum absolute atomic E-state index is 13.8. The van der Waals surface area contributed by atoms with Crippen LogP contribution in [0.3, 0.4) is 0 Å². The molecule has 2 fully saturated rings. The molecule has 2 saturated heterocycles. The van der Waals surface area contributed by atoms with E-state index in [1.54, 1.807) is 12.1 Å². The molecular formula is C19H19FN4. The summed E-state index contributed by atoms with van der Waals surface area (Å²) in [5.41, 5.74) is 1.20. The van der Waals surface area contributed by atoms with Crippen LogP contribution in [0.1, 0.15) is 18.4 Å². The molecule has 4 nitrogen and oxygen atoms in total. The van der Waals surface area contributed by atoms with Crippen LogP contribution in [0.5, 0.6) is 0 Å². The number of fused-ring (bicyclic) bond motifs is 1. The highest BCUT2D eigenvalue weighted by atomic mass is 19.1. The van der Waals surface area contributed by atoms with Crippen LogP contribution in [0.4, 0.5) is 15.9 Å². The molecule has 2 aromatic rings. The molecule has 0 N–H and O–H groups in total. The van der Waals surface area contributed by atoms with E-state index in [0.717, 1.165) is 44.0 Å². The Morgan fingerprint density at radius 3 is 2.83 bits per heavy atom. The number of pyridine rings is 1. The van der Waals surface area contributed by atoms with Crippen LogP contribution in [-0.2, 0) is 0 Å². The molecule has 24 heavy (non-hydrogen) atoms. The Balaban J connectivity index is 1.60. The Morgan fingerprint density at radius 2 is 2.04 bits per heavy atom. The summed E-state index contributed by atoms with van der Waals surface area (Å²) in [7, 11) is 0. The van der Waals surface area contributed by atoms with Crippen molar-refractivity contribution in [2.45, 2.75) is 18.9 Å². The smallest absolute Gasteiger partial charge is 0.128 e. The number of anilines is 2. The van der Waals surface area contributed by atoms with Crippen LogP contribution < -0.4 is 9.80 Å². The number of nitrogens with zero attached hydrogens (tertiary/aromatic N) is 4. The summed E-state index contributed by atoms with van der Waals surface area (Å²) >= 11 is 0. The molecule has 0 amide bonds. The topological polar surface area (TPSA) is 43.2 Å². The Labute approximate surface area is 141 Å². The lowest BCUT2D eigenvalue weighted by molar-refractivity contribution is 0.389. The van der Waals surface area contributed by atoms with Crippen molar-refractivity contribution in [3.63, 3.8) is 0 Å². The summed E-state index contributed by atoms with van der Waals surface area (Å²) in [6.07, 6.45) is 4.07. The van der Waals surface area contributed by atoms with E-state index in [9.17, 15) is 4.39 Å². The van der Waals surface area contributed by atoms with Crippen molar-refractivity contribution in [1.82, 2.24) is 4.98 Å². The Hall–Kier alpha value is -2.61. The van der Waals surface area contributed by atoms with E-state index < -0.39 is 0 Å². The fraction of sp³-hybridized carbons (Fsp3) is 0.368. The molecule has 0 radical (unpaired) electrons. The lowest BCUT2D eigenvalue weighted by Gasteiger charge is -2.40. The second-order valence-electron chi connectivity index (χ2n) is 6.54. The second-order valence-corrected chi connectivity index (χ2v) is 6.54. The van der Waals surface area contributed by atoms with Crippen molar-refractivity contribution in [3.05, 3.63) is 54.0 Å². The lowest BCUT2D eigenvalue weighted by Crippen LogP contribution is -2.48. The number of hydrogen-bond donors (Lipinski definition) is 0. The molecule has 0 aliphatic carbocycles. The van der Waals surface area contributed by atoms with Crippen LogP contribution in [0, 0.1) is 23.1 Å². The van der Waals surface area contributed by atoms with E-state index in [-0.39, 0.29) is 5.82 Å². The van der Waals surface area contributed by atoms with Gasteiger partial charge in [-0.1, -0.05) is 6.07 Å². The summed E-state index contributed by atoms with van der Waals surface area (Å²) in [6.45, 7) is 2.82. The molecule has 2 atom stereocenters. The maximum atomic E-state index is 13.8. The summed E-state index contributed by atoms with van der Waals surface area (Å²) in [6, 6.07) is 13.0. The quantitative estimate of drug-likeness (QED) is 0.851. The predicted octanol–water partition coefficient (Wildman–Crippen LogP) is 3.20. The third kappa shape index (κ3) is 2.69. The largest absolute Gasteiger partial charge is 0.366 e. The van der Waals surface area contributed by atoms with Crippen LogP contribution in [0.15, 0.2) is 42.6 Å². The van der Waals surface area contributed by atoms with Gasteiger partial charge < -0.3 is 9.80 Å². The van der Waals surface area contributed by atoms with Crippen molar-refractivity contribution in [3.8, 4) is 6.07 Å². The first-order chi connectivity index (χ1) is 11.7. The average Bonchev–Trinajstić information content (AvgIpc) is 3.05. The molecule has 5 heteroatoms. The molecule has 0 bridgehead atoms. The van der Waals surface area contributed by atoms with Gasteiger partial charge in [0.2, 0.25) is 0 Å². The Morgan fingerprint density at radius 1 is 1.17 bits per heavy atom. The van der Waals surface area contributed by atoms with Gasteiger partial charge >= 0.3 is 0 Å². The number of aromatic nitrogens is 1. The molecule has 3 heterocycles. The number of benzene rings is 1. The van der Waals surface area contributed by atoms with Crippen LogP contribution in [0.2, 0.25) is 0 Å². The highest BCUT2D eigenvalue weighted by molar-refractivity contribution is 5.54. The maximum Gasteiger partial charge on any atom is 0.128 e. The molecule has 122 valence electrons. The third-order valence-electron chi connectivity index (χ3n) is 5.18. The molecule has 1 aromatic carbocycles. The van der Waals surface area contributed by atoms with E-state index in [0.29, 0.717) is 17.5 Å². The minimum absolute atomic E-state index is 0.342. The highest BCUT2D eigenvalue weighted by Gasteiger charge is 2.39. The molecule has 1 aromatic heterocycles. The van der Waals surface area contributed by atoms with Gasteiger partial charge in [0, 0.05) is 37.6 Å². The zero-order chi connectivity index (χ0) is 16.5. The first kappa shape index (κ1) is 14.9. The van der Waals surface area contributed by atoms with E-state index in [1.807, 2.05) is 24.4 Å². The monoisotopic (exact) mass is 322 g/mol. The van der Waals surface area contributed by atoms with Crippen molar-refractivity contribution in [2.75, 3.05) is 29.4 Å². The number of piperidine rings is 1. The molecule has 4 rings (SSSR count). The summed E-state index contributed by atoms with van der Waals surface area (Å²) in [5, 5.41) is 9.10.